The molecule has 0 aliphatic heterocycles. The molecule has 0 aromatic carbocycles. The number of aromatic nitrogens is 3. The second-order valence-electron chi connectivity index (χ2n) is 3.45. The van der Waals surface area contributed by atoms with Crippen LogP contribution < -0.4 is 0 Å². The minimum Gasteiger partial charge on any atom is -0.481 e. The van der Waals surface area contributed by atoms with Crippen LogP contribution in [0.4, 0.5) is 13.2 Å². The number of rotatable bonds is 2. The van der Waals surface area contributed by atoms with Gasteiger partial charge in [-0.05, 0) is 6.07 Å². The number of alkyl halides is 3. The number of hydrogen-bond acceptors (Lipinski definition) is 3. The van der Waals surface area contributed by atoms with Gasteiger partial charge in [0.2, 0.25) is 0 Å². The van der Waals surface area contributed by atoms with E-state index in [0.717, 1.165) is 16.7 Å². The highest BCUT2D eigenvalue weighted by Gasteiger charge is 2.32. The molecule has 2 rings (SSSR count). The topological polar surface area (TPSA) is 67.5 Å². The van der Waals surface area contributed by atoms with Gasteiger partial charge in [0.1, 0.15) is 12.2 Å². The van der Waals surface area contributed by atoms with E-state index >= 15 is 0 Å². The molecule has 0 aliphatic carbocycles. The third-order valence-corrected chi connectivity index (χ3v) is 2.45. The molecule has 2 heterocycles. The van der Waals surface area contributed by atoms with Gasteiger partial charge < -0.3 is 5.11 Å². The molecule has 5 nitrogen and oxygen atoms in total. The van der Waals surface area contributed by atoms with Crippen LogP contribution >= 0.6 is 11.6 Å². The summed E-state index contributed by atoms with van der Waals surface area (Å²) in [5, 5.41) is 15.4. The number of halogens is 4. The molecular formula is C9H5ClF3N3O2. The van der Waals surface area contributed by atoms with Crippen LogP contribution in [0.5, 0.6) is 0 Å². The molecule has 2 aromatic heterocycles. The van der Waals surface area contributed by atoms with E-state index in [1.165, 1.54) is 0 Å². The van der Waals surface area contributed by atoms with Crippen molar-refractivity contribution in [2.75, 3.05) is 0 Å². The van der Waals surface area contributed by atoms with E-state index in [2.05, 4.69) is 10.2 Å². The van der Waals surface area contributed by atoms with Gasteiger partial charge in [-0.3, -0.25) is 9.20 Å². The Hall–Kier alpha value is -1.83. The first-order valence-corrected chi connectivity index (χ1v) is 4.99. The Labute approximate surface area is 103 Å². The lowest BCUT2D eigenvalue weighted by Crippen LogP contribution is -2.09. The lowest BCUT2D eigenvalue weighted by atomic mass is 10.2. The number of aliphatic carboxylic acids is 1. The number of carboxylic acids is 1. The van der Waals surface area contributed by atoms with E-state index in [-0.39, 0.29) is 16.5 Å². The summed E-state index contributed by atoms with van der Waals surface area (Å²) in [6, 6.07) is 0.718. The molecule has 2 aromatic rings. The van der Waals surface area contributed by atoms with Crippen molar-refractivity contribution in [2.24, 2.45) is 0 Å². The smallest absolute Gasteiger partial charge is 0.417 e. The molecule has 0 bridgehead atoms. The Kier molecular flexibility index (Phi) is 2.89. The van der Waals surface area contributed by atoms with Crippen LogP contribution in [0.25, 0.3) is 5.65 Å². The second-order valence-corrected chi connectivity index (χ2v) is 3.86. The fourth-order valence-corrected chi connectivity index (χ4v) is 1.66. The van der Waals surface area contributed by atoms with Crippen molar-refractivity contribution in [2.45, 2.75) is 12.6 Å². The summed E-state index contributed by atoms with van der Waals surface area (Å²) in [6.45, 7) is 0. The number of hydrogen-bond donors (Lipinski definition) is 1. The van der Waals surface area contributed by atoms with Crippen molar-refractivity contribution in [3.05, 3.63) is 28.7 Å². The third kappa shape index (κ3) is 2.23. The third-order valence-electron chi connectivity index (χ3n) is 2.17. The van der Waals surface area contributed by atoms with Gasteiger partial charge in [0.15, 0.2) is 5.65 Å². The molecule has 0 radical (unpaired) electrons. The van der Waals surface area contributed by atoms with Crippen LogP contribution in [0.1, 0.15) is 11.4 Å². The summed E-state index contributed by atoms with van der Waals surface area (Å²) in [5.74, 6) is -1.34. The van der Waals surface area contributed by atoms with Crippen LogP contribution in [0, 0.1) is 0 Å². The summed E-state index contributed by atoms with van der Waals surface area (Å²) >= 11 is 5.65. The lowest BCUT2D eigenvalue weighted by Gasteiger charge is -2.08. The van der Waals surface area contributed by atoms with Crippen LogP contribution in [-0.4, -0.2) is 25.7 Å². The zero-order chi connectivity index (χ0) is 13.5. The van der Waals surface area contributed by atoms with Crippen molar-refractivity contribution >= 4 is 23.2 Å². The number of carbonyl (C=O) groups is 1. The fraction of sp³-hybridized carbons (Fsp3) is 0.222. The molecule has 1 N–H and O–H groups in total. The molecule has 9 heteroatoms. The zero-order valence-electron chi connectivity index (χ0n) is 8.57. The molecule has 0 saturated heterocycles. The second kappa shape index (κ2) is 4.13. The van der Waals surface area contributed by atoms with Crippen molar-refractivity contribution < 1.29 is 23.1 Å². The van der Waals surface area contributed by atoms with E-state index in [1.807, 2.05) is 0 Å². The molecule has 96 valence electrons. The molecule has 18 heavy (non-hydrogen) atoms. The Morgan fingerprint density at radius 1 is 1.44 bits per heavy atom. The average molecular weight is 280 g/mol. The first-order valence-electron chi connectivity index (χ1n) is 4.61. The molecule has 0 atom stereocenters. The predicted molar refractivity (Wildman–Crippen MR) is 54.3 cm³/mol. The first kappa shape index (κ1) is 12.6. The highest BCUT2D eigenvalue weighted by Crippen LogP contribution is 2.32. The Balaban J connectivity index is 2.64. The fourth-order valence-electron chi connectivity index (χ4n) is 1.41. The maximum atomic E-state index is 12.6. The largest absolute Gasteiger partial charge is 0.481 e. The van der Waals surface area contributed by atoms with E-state index in [0.29, 0.717) is 0 Å². The standard InChI is InChI=1S/C9H5ClF3N3O2/c10-5-1-4(9(11,12)13)3-16-6(2-7(17)18)14-15-8(5)16/h1,3H,2H2,(H,17,18). The Morgan fingerprint density at radius 3 is 2.67 bits per heavy atom. The summed E-state index contributed by atoms with van der Waals surface area (Å²) in [4.78, 5) is 10.5. The first-order chi connectivity index (χ1) is 8.29. The summed E-state index contributed by atoms with van der Waals surface area (Å²) in [5.41, 5.74) is -1.01. The van der Waals surface area contributed by atoms with Crippen LogP contribution in [0.15, 0.2) is 12.3 Å². The summed E-state index contributed by atoms with van der Waals surface area (Å²) in [6.07, 6.45) is -4.40. The Morgan fingerprint density at radius 2 is 2.11 bits per heavy atom. The summed E-state index contributed by atoms with van der Waals surface area (Å²) < 4.78 is 38.6. The van der Waals surface area contributed by atoms with Crippen molar-refractivity contribution in [3.8, 4) is 0 Å². The van der Waals surface area contributed by atoms with Crippen LogP contribution in [-0.2, 0) is 17.4 Å². The number of fused-ring (bicyclic) bond motifs is 1. The van der Waals surface area contributed by atoms with Gasteiger partial charge in [-0.15, -0.1) is 10.2 Å². The molecule has 0 amide bonds. The number of carboxylic acid groups (broad SMARTS) is 1. The van der Waals surface area contributed by atoms with Crippen molar-refractivity contribution in [3.63, 3.8) is 0 Å². The monoisotopic (exact) mass is 279 g/mol. The van der Waals surface area contributed by atoms with E-state index in [1.54, 1.807) is 0 Å². The number of pyridine rings is 1. The molecule has 0 saturated carbocycles. The van der Waals surface area contributed by atoms with Crippen molar-refractivity contribution in [1.82, 2.24) is 14.6 Å². The molecule has 0 unspecified atom stereocenters. The summed E-state index contributed by atoms with van der Waals surface area (Å²) in [7, 11) is 0. The minimum atomic E-state index is -4.58. The molecular weight excluding hydrogens is 275 g/mol. The van der Waals surface area contributed by atoms with Gasteiger partial charge in [0, 0.05) is 6.20 Å². The van der Waals surface area contributed by atoms with Gasteiger partial charge >= 0.3 is 12.1 Å². The van der Waals surface area contributed by atoms with Crippen molar-refractivity contribution in [1.29, 1.82) is 0 Å². The highest BCUT2D eigenvalue weighted by molar-refractivity contribution is 6.33. The van der Waals surface area contributed by atoms with Gasteiger partial charge in [0.25, 0.3) is 0 Å². The van der Waals surface area contributed by atoms with E-state index < -0.39 is 24.1 Å². The number of nitrogens with zero attached hydrogens (tertiary/aromatic N) is 3. The van der Waals surface area contributed by atoms with E-state index in [9.17, 15) is 18.0 Å². The molecule has 0 spiro atoms. The molecule has 0 fully saturated rings. The quantitative estimate of drug-likeness (QED) is 0.913. The van der Waals surface area contributed by atoms with Gasteiger partial charge in [-0.2, -0.15) is 13.2 Å². The van der Waals surface area contributed by atoms with Crippen LogP contribution in [0.2, 0.25) is 5.02 Å². The average Bonchev–Trinajstić information content (AvgIpc) is 2.60. The minimum absolute atomic E-state index is 0.0130. The van der Waals surface area contributed by atoms with E-state index in [4.69, 9.17) is 16.7 Å². The van der Waals surface area contributed by atoms with Gasteiger partial charge in [-0.25, -0.2) is 0 Å². The maximum Gasteiger partial charge on any atom is 0.417 e. The normalized spacial score (nSPS) is 12.0. The maximum absolute atomic E-state index is 12.6. The van der Waals surface area contributed by atoms with Gasteiger partial charge in [-0.1, -0.05) is 11.6 Å². The Bertz CT molecular complexity index is 623. The zero-order valence-corrected chi connectivity index (χ0v) is 9.33. The van der Waals surface area contributed by atoms with Crippen LogP contribution in [0.3, 0.4) is 0 Å². The lowest BCUT2D eigenvalue weighted by molar-refractivity contribution is -0.138. The highest BCUT2D eigenvalue weighted by atomic mass is 35.5. The molecule has 0 aliphatic rings. The predicted octanol–water partition coefficient (Wildman–Crippen LogP) is 2.03. The SMILES string of the molecule is O=C(O)Cc1nnc2c(Cl)cc(C(F)(F)F)cn12. The van der Waals surface area contributed by atoms with Gasteiger partial charge in [0.05, 0.1) is 10.6 Å².